The van der Waals surface area contributed by atoms with Crippen molar-refractivity contribution in [3.05, 3.63) is 29.8 Å². The molecule has 0 aliphatic carbocycles. The number of primary amides is 1. The minimum atomic E-state index is -1.20. The van der Waals surface area contributed by atoms with Crippen LogP contribution in [0, 0.1) is 5.92 Å². The molecule has 37 heavy (non-hydrogen) atoms. The molecule has 1 saturated heterocycles. The Kier molecular flexibility index (Phi) is 11.3. The van der Waals surface area contributed by atoms with Gasteiger partial charge in [0.25, 0.3) is 0 Å². The van der Waals surface area contributed by atoms with Gasteiger partial charge >= 0.3 is 5.97 Å². The molecule has 0 radical (unpaired) electrons. The van der Waals surface area contributed by atoms with E-state index in [1.807, 2.05) is 0 Å². The SMILES string of the molecule is CC[C@H](C)[C@H](NC(=O)[C@H](Cc1ccc(O)cc1)NC(=O)[C@H](CCC(N)=O)NC(=O)[C@@H]1CCCN1)C(=O)O. The Balaban J connectivity index is 2.24. The van der Waals surface area contributed by atoms with Crippen LogP contribution in [0.2, 0.25) is 0 Å². The topological polar surface area (TPSA) is 200 Å². The Bertz CT molecular complexity index is 963. The molecule has 0 saturated carbocycles. The van der Waals surface area contributed by atoms with E-state index in [0.29, 0.717) is 24.9 Å². The summed E-state index contributed by atoms with van der Waals surface area (Å²) < 4.78 is 0. The molecule has 1 aromatic rings. The van der Waals surface area contributed by atoms with Gasteiger partial charge in [-0.05, 0) is 49.4 Å². The first kappa shape index (κ1) is 29.6. The second kappa shape index (κ2) is 14.2. The number of nitrogens with two attached hydrogens (primary N) is 1. The zero-order valence-corrected chi connectivity index (χ0v) is 21.2. The summed E-state index contributed by atoms with van der Waals surface area (Å²) in [6, 6.07) is 2.03. The monoisotopic (exact) mass is 519 g/mol. The highest BCUT2D eigenvalue weighted by molar-refractivity contribution is 5.94. The van der Waals surface area contributed by atoms with E-state index in [2.05, 4.69) is 21.3 Å². The lowest BCUT2D eigenvalue weighted by molar-refractivity contribution is -0.143. The molecule has 0 bridgehead atoms. The fourth-order valence-corrected chi connectivity index (χ4v) is 4.02. The maximum atomic E-state index is 13.2. The number of benzene rings is 1. The summed E-state index contributed by atoms with van der Waals surface area (Å²) in [6.07, 6.45) is 1.67. The first-order valence-electron chi connectivity index (χ1n) is 12.4. The van der Waals surface area contributed by atoms with Gasteiger partial charge in [0.2, 0.25) is 23.6 Å². The van der Waals surface area contributed by atoms with Crippen LogP contribution in [-0.4, -0.2) is 70.5 Å². The summed E-state index contributed by atoms with van der Waals surface area (Å²) in [5, 5.41) is 29.9. The van der Waals surface area contributed by atoms with E-state index in [-0.39, 0.29) is 30.9 Å². The van der Waals surface area contributed by atoms with Crippen LogP contribution in [0.25, 0.3) is 0 Å². The number of rotatable bonds is 14. The second-order valence-corrected chi connectivity index (χ2v) is 9.36. The number of carboxylic acids is 1. The van der Waals surface area contributed by atoms with Crippen LogP contribution in [-0.2, 0) is 30.4 Å². The average Bonchev–Trinajstić information content (AvgIpc) is 3.40. The molecule has 12 nitrogen and oxygen atoms in total. The highest BCUT2D eigenvalue weighted by Gasteiger charge is 2.33. The van der Waals surface area contributed by atoms with Gasteiger partial charge in [-0.3, -0.25) is 19.2 Å². The Labute approximate surface area is 215 Å². The van der Waals surface area contributed by atoms with Gasteiger partial charge in [0.15, 0.2) is 0 Å². The molecular formula is C25H37N5O7. The number of carbonyl (C=O) groups excluding carboxylic acids is 4. The summed E-state index contributed by atoms with van der Waals surface area (Å²) in [5.41, 5.74) is 5.85. The van der Waals surface area contributed by atoms with Crippen molar-refractivity contribution < 1.29 is 34.2 Å². The predicted octanol–water partition coefficient (Wildman–Crippen LogP) is -0.463. The summed E-state index contributed by atoms with van der Waals surface area (Å²) in [6.45, 7) is 4.17. The van der Waals surface area contributed by atoms with Crippen molar-refractivity contribution in [2.45, 2.75) is 76.5 Å². The van der Waals surface area contributed by atoms with Gasteiger partial charge in [-0.2, -0.15) is 0 Å². The summed E-state index contributed by atoms with van der Waals surface area (Å²) in [7, 11) is 0. The molecule has 0 aromatic heterocycles. The highest BCUT2D eigenvalue weighted by Crippen LogP contribution is 2.14. The van der Waals surface area contributed by atoms with Gasteiger partial charge in [-0.1, -0.05) is 32.4 Å². The number of hydrogen-bond donors (Lipinski definition) is 7. The molecule has 0 unspecified atom stereocenters. The highest BCUT2D eigenvalue weighted by atomic mass is 16.4. The molecule has 204 valence electrons. The summed E-state index contributed by atoms with van der Waals surface area (Å²) in [4.78, 5) is 62.2. The van der Waals surface area contributed by atoms with E-state index in [9.17, 15) is 34.2 Å². The van der Waals surface area contributed by atoms with Crippen LogP contribution >= 0.6 is 0 Å². The third-order valence-electron chi connectivity index (χ3n) is 6.48. The molecule has 1 heterocycles. The van der Waals surface area contributed by atoms with Crippen molar-refractivity contribution in [3.63, 3.8) is 0 Å². The van der Waals surface area contributed by atoms with E-state index >= 15 is 0 Å². The molecule has 1 aromatic carbocycles. The molecule has 1 aliphatic heterocycles. The molecule has 1 aliphatic rings. The van der Waals surface area contributed by atoms with E-state index in [1.165, 1.54) is 12.1 Å². The number of phenols is 1. The van der Waals surface area contributed by atoms with Crippen LogP contribution in [0.1, 0.15) is 51.5 Å². The molecule has 0 spiro atoms. The Morgan fingerprint density at radius 2 is 1.70 bits per heavy atom. The number of amides is 4. The van der Waals surface area contributed by atoms with Gasteiger partial charge in [0, 0.05) is 12.8 Å². The van der Waals surface area contributed by atoms with Crippen LogP contribution in [0.15, 0.2) is 24.3 Å². The van der Waals surface area contributed by atoms with Crippen molar-refractivity contribution >= 4 is 29.6 Å². The number of aliphatic carboxylic acids is 1. The zero-order chi connectivity index (χ0) is 27.5. The molecule has 12 heteroatoms. The fraction of sp³-hybridized carbons (Fsp3) is 0.560. The first-order valence-corrected chi connectivity index (χ1v) is 12.4. The molecule has 5 atom stereocenters. The maximum absolute atomic E-state index is 13.2. The quantitative estimate of drug-likeness (QED) is 0.171. The van der Waals surface area contributed by atoms with Crippen molar-refractivity contribution in [1.29, 1.82) is 0 Å². The van der Waals surface area contributed by atoms with Crippen molar-refractivity contribution in [1.82, 2.24) is 21.3 Å². The Hall–Kier alpha value is -3.67. The van der Waals surface area contributed by atoms with Crippen molar-refractivity contribution in [3.8, 4) is 5.75 Å². The van der Waals surface area contributed by atoms with Crippen LogP contribution in [0.3, 0.4) is 0 Å². The lowest BCUT2D eigenvalue weighted by Crippen LogP contribution is -2.58. The van der Waals surface area contributed by atoms with Gasteiger partial charge in [-0.25, -0.2) is 4.79 Å². The maximum Gasteiger partial charge on any atom is 0.326 e. The molecular weight excluding hydrogens is 482 g/mol. The van der Waals surface area contributed by atoms with Gasteiger partial charge < -0.3 is 37.2 Å². The predicted molar refractivity (Wildman–Crippen MR) is 134 cm³/mol. The van der Waals surface area contributed by atoms with Gasteiger partial charge in [-0.15, -0.1) is 0 Å². The Morgan fingerprint density at radius 3 is 2.24 bits per heavy atom. The van der Waals surface area contributed by atoms with E-state index in [1.54, 1.807) is 26.0 Å². The lowest BCUT2D eigenvalue weighted by atomic mass is 9.98. The number of hydrogen-bond acceptors (Lipinski definition) is 7. The molecule has 4 amide bonds. The lowest BCUT2D eigenvalue weighted by Gasteiger charge is -2.26. The van der Waals surface area contributed by atoms with Crippen molar-refractivity contribution in [2.75, 3.05) is 6.54 Å². The van der Waals surface area contributed by atoms with E-state index < -0.39 is 53.8 Å². The standard InChI is InChI=1S/C25H37N5O7/c1-3-14(2)21(25(36)37)30-24(35)19(13-15-6-8-16(31)9-7-15)29-23(34)18(10-11-20(26)32)28-22(33)17-5-4-12-27-17/h6-9,14,17-19,21,27,31H,3-5,10-13H2,1-2H3,(H2,26,32)(H,28,33)(H,29,34)(H,30,35)(H,36,37)/t14-,17-,18-,19-,21-/m0/s1. The van der Waals surface area contributed by atoms with Crippen LogP contribution in [0.5, 0.6) is 5.75 Å². The number of nitrogens with one attached hydrogen (secondary N) is 4. The fourth-order valence-electron chi connectivity index (χ4n) is 4.02. The van der Waals surface area contributed by atoms with E-state index in [0.717, 1.165) is 6.42 Å². The molecule has 1 fully saturated rings. The number of aromatic hydroxyl groups is 1. The first-order chi connectivity index (χ1) is 17.5. The third-order valence-corrected chi connectivity index (χ3v) is 6.48. The third kappa shape index (κ3) is 9.37. The largest absolute Gasteiger partial charge is 0.508 e. The molecule has 2 rings (SSSR count). The number of carbonyl (C=O) groups is 5. The molecule has 8 N–H and O–H groups in total. The van der Waals surface area contributed by atoms with Crippen LogP contribution < -0.4 is 27.0 Å². The summed E-state index contributed by atoms with van der Waals surface area (Å²) in [5.74, 6) is -4.02. The normalized spacial score (nSPS) is 18.2. The zero-order valence-electron chi connectivity index (χ0n) is 21.2. The van der Waals surface area contributed by atoms with Gasteiger partial charge in [0.1, 0.15) is 23.9 Å². The Morgan fingerprint density at radius 1 is 1.05 bits per heavy atom. The van der Waals surface area contributed by atoms with Crippen molar-refractivity contribution in [2.24, 2.45) is 11.7 Å². The number of carboxylic acid groups (broad SMARTS) is 1. The van der Waals surface area contributed by atoms with Crippen LogP contribution in [0.4, 0.5) is 0 Å². The average molecular weight is 520 g/mol. The smallest absolute Gasteiger partial charge is 0.326 e. The minimum absolute atomic E-state index is 0.00857. The number of phenolic OH excluding ortho intramolecular Hbond substituents is 1. The van der Waals surface area contributed by atoms with E-state index in [4.69, 9.17) is 5.73 Å². The van der Waals surface area contributed by atoms with Gasteiger partial charge in [0.05, 0.1) is 6.04 Å². The second-order valence-electron chi connectivity index (χ2n) is 9.36. The summed E-state index contributed by atoms with van der Waals surface area (Å²) >= 11 is 0. The minimum Gasteiger partial charge on any atom is -0.508 e.